The van der Waals surface area contributed by atoms with E-state index in [0.717, 1.165) is 18.5 Å². The Morgan fingerprint density at radius 1 is 1.28 bits per heavy atom. The van der Waals surface area contributed by atoms with Crippen LogP contribution in [0.1, 0.15) is 44.4 Å². The molecule has 0 aliphatic carbocycles. The number of H-pyrrole nitrogens is 1. The van der Waals surface area contributed by atoms with E-state index in [1.54, 1.807) is 0 Å². The van der Waals surface area contributed by atoms with Gasteiger partial charge in [-0.1, -0.05) is 62.4 Å². The second-order valence-electron chi connectivity index (χ2n) is 6.11. The van der Waals surface area contributed by atoms with Crippen molar-refractivity contribution < 1.29 is 4.79 Å². The molecule has 1 heterocycles. The molecule has 0 radical (unpaired) electrons. The molecule has 134 valence electrons. The summed E-state index contributed by atoms with van der Waals surface area (Å²) in [6, 6.07) is 11.6. The quantitative estimate of drug-likeness (QED) is 0.561. The molecule has 5 nitrogen and oxygen atoms in total. The molecule has 2 atom stereocenters. The summed E-state index contributed by atoms with van der Waals surface area (Å²) in [5.74, 6) is 0.185. The molecule has 2 rings (SSSR count). The van der Waals surface area contributed by atoms with Gasteiger partial charge in [0.2, 0.25) is 5.91 Å². The fourth-order valence-corrected chi connectivity index (χ4v) is 3.30. The number of carbonyl (C=O) groups excluding carboxylic acids is 1. The van der Waals surface area contributed by atoms with Gasteiger partial charge in [-0.15, -0.1) is 0 Å². The molecule has 0 spiro atoms. The minimum Gasteiger partial charge on any atom is -0.355 e. The maximum atomic E-state index is 12.3. The van der Waals surface area contributed by atoms with Crippen molar-refractivity contribution in [3.63, 3.8) is 0 Å². The van der Waals surface area contributed by atoms with Gasteiger partial charge in [-0.25, -0.2) is 4.98 Å². The third-order valence-electron chi connectivity index (χ3n) is 3.89. The van der Waals surface area contributed by atoms with E-state index in [0.29, 0.717) is 11.7 Å². The van der Waals surface area contributed by atoms with Gasteiger partial charge in [-0.3, -0.25) is 9.59 Å². The van der Waals surface area contributed by atoms with Crippen LogP contribution < -0.4 is 10.9 Å². The van der Waals surface area contributed by atoms with E-state index in [-0.39, 0.29) is 22.6 Å². The van der Waals surface area contributed by atoms with Crippen LogP contribution in [0.3, 0.4) is 0 Å². The maximum Gasteiger partial charge on any atom is 0.251 e. The summed E-state index contributed by atoms with van der Waals surface area (Å²) in [6.45, 7) is 6.52. The van der Waals surface area contributed by atoms with Crippen molar-refractivity contribution >= 4 is 17.7 Å². The van der Waals surface area contributed by atoms with Gasteiger partial charge in [0.1, 0.15) is 0 Å². The van der Waals surface area contributed by atoms with Gasteiger partial charge < -0.3 is 10.3 Å². The average Bonchev–Trinajstić information content (AvgIpc) is 2.59. The van der Waals surface area contributed by atoms with Crippen LogP contribution in [0.25, 0.3) is 0 Å². The second-order valence-corrected chi connectivity index (χ2v) is 7.44. The van der Waals surface area contributed by atoms with Crippen LogP contribution in [0.5, 0.6) is 0 Å². The largest absolute Gasteiger partial charge is 0.355 e. The maximum absolute atomic E-state index is 12.3. The van der Waals surface area contributed by atoms with E-state index in [4.69, 9.17) is 0 Å². The number of rotatable bonds is 8. The van der Waals surface area contributed by atoms with Crippen LogP contribution in [0.2, 0.25) is 0 Å². The molecular weight excluding hydrogens is 334 g/mol. The molecule has 0 saturated heterocycles. The number of hydrogen-bond donors (Lipinski definition) is 2. The number of thioether (sulfide) groups is 1. The zero-order valence-electron chi connectivity index (χ0n) is 14.9. The molecule has 6 heteroatoms. The highest BCUT2D eigenvalue weighted by molar-refractivity contribution is 8.00. The molecule has 0 unspecified atom stereocenters. The SMILES string of the molecule is CCCc1cc(=O)[nH]c(S[C@@H](C)C(=O)NC[C@H](C)c2ccccc2)n1. The summed E-state index contributed by atoms with van der Waals surface area (Å²) >= 11 is 1.27. The third kappa shape index (κ3) is 6.05. The number of aryl methyl sites for hydroxylation is 1. The summed E-state index contributed by atoms with van der Waals surface area (Å²) < 4.78 is 0. The molecule has 1 amide bonds. The normalized spacial score (nSPS) is 13.2. The zero-order valence-corrected chi connectivity index (χ0v) is 15.7. The number of nitrogens with zero attached hydrogens (tertiary/aromatic N) is 1. The Labute approximate surface area is 152 Å². The molecule has 0 bridgehead atoms. The van der Waals surface area contributed by atoms with Crippen LogP contribution in [0, 0.1) is 0 Å². The number of amides is 1. The summed E-state index contributed by atoms with van der Waals surface area (Å²) in [4.78, 5) is 31.1. The van der Waals surface area contributed by atoms with Crippen LogP contribution >= 0.6 is 11.8 Å². The molecule has 25 heavy (non-hydrogen) atoms. The van der Waals surface area contributed by atoms with Gasteiger partial charge in [0.15, 0.2) is 5.16 Å². The lowest BCUT2D eigenvalue weighted by Crippen LogP contribution is -2.33. The number of benzene rings is 1. The van der Waals surface area contributed by atoms with Crippen molar-refractivity contribution in [2.75, 3.05) is 6.54 Å². The lowest BCUT2D eigenvalue weighted by atomic mass is 10.0. The summed E-state index contributed by atoms with van der Waals surface area (Å²) in [7, 11) is 0. The van der Waals surface area contributed by atoms with Gasteiger partial charge in [0, 0.05) is 18.3 Å². The standard InChI is InChI=1S/C19H25N3O2S/c1-4-8-16-11-17(23)22-19(21-16)25-14(3)18(24)20-12-13(2)15-9-6-5-7-10-15/h5-7,9-11,13-14H,4,8,12H2,1-3H3,(H,20,24)(H,21,22,23)/t13-,14-/m0/s1. The van der Waals surface area contributed by atoms with Crippen molar-refractivity contribution in [2.45, 2.75) is 49.9 Å². The molecule has 0 aliphatic heterocycles. The number of nitrogens with one attached hydrogen (secondary N) is 2. The van der Waals surface area contributed by atoms with E-state index >= 15 is 0 Å². The molecule has 0 saturated carbocycles. The monoisotopic (exact) mass is 359 g/mol. The zero-order chi connectivity index (χ0) is 18.2. The Bertz CT molecular complexity index is 746. The summed E-state index contributed by atoms with van der Waals surface area (Å²) in [6.07, 6.45) is 1.68. The summed E-state index contributed by atoms with van der Waals surface area (Å²) in [5.41, 5.74) is 1.78. The minimum absolute atomic E-state index is 0.0590. The Morgan fingerprint density at radius 2 is 2.00 bits per heavy atom. The fraction of sp³-hybridized carbons (Fsp3) is 0.421. The van der Waals surface area contributed by atoms with Crippen LogP contribution in [-0.2, 0) is 11.2 Å². The molecule has 1 aromatic carbocycles. The minimum atomic E-state index is -0.331. The topological polar surface area (TPSA) is 74.8 Å². The molecular formula is C19H25N3O2S. The number of aromatic amines is 1. The predicted octanol–water partition coefficient (Wildman–Crippen LogP) is 3.12. The molecule has 1 aromatic heterocycles. The fourth-order valence-electron chi connectivity index (χ4n) is 2.44. The molecule has 2 N–H and O–H groups in total. The molecule has 2 aromatic rings. The first-order valence-electron chi connectivity index (χ1n) is 8.59. The van der Waals surface area contributed by atoms with E-state index in [2.05, 4.69) is 34.3 Å². The van der Waals surface area contributed by atoms with E-state index < -0.39 is 0 Å². The Hall–Kier alpha value is -2.08. The van der Waals surface area contributed by atoms with E-state index in [1.165, 1.54) is 23.4 Å². The van der Waals surface area contributed by atoms with Crippen LogP contribution in [0.15, 0.2) is 46.3 Å². The van der Waals surface area contributed by atoms with E-state index in [1.807, 2.05) is 32.0 Å². The van der Waals surface area contributed by atoms with Gasteiger partial charge in [-0.2, -0.15) is 0 Å². The number of hydrogen-bond acceptors (Lipinski definition) is 4. The average molecular weight is 359 g/mol. The first kappa shape index (κ1) is 19.2. The first-order valence-corrected chi connectivity index (χ1v) is 9.47. The highest BCUT2D eigenvalue weighted by atomic mass is 32.2. The Kier molecular flexibility index (Phi) is 7.25. The Balaban J connectivity index is 1.91. The van der Waals surface area contributed by atoms with E-state index in [9.17, 15) is 9.59 Å². The predicted molar refractivity (Wildman–Crippen MR) is 102 cm³/mol. The van der Waals surface area contributed by atoms with Gasteiger partial charge in [0.05, 0.1) is 5.25 Å². The lowest BCUT2D eigenvalue weighted by molar-refractivity contribution is -0.120. The highest BCUT2D eigenvalue weighted by Gasteiger charge is 2.17. The van der Waals surface area contributed by atoms with Crippen molar-refractivity contribution in [3.05, 3.63) is 58.0 Å². The third-order valence-corrected chi connectivity index (χ3v) is 4.87. The van der Waals surface area contributed by atoms with Crippen LogP contribution in [-0.4, -0.2) is 27.7 Å². The van der Waals surface area contributed by atoms with Crippen molar-refractivity contribution in [1.29, 1.82) is 0 Å². The van der Waals surface area contributed by atoms with Crippen molar-refractivity contribution in [2.24, 2.45) is 0 Å². The smallest absolute Gasteiger partial charge is 0.251 e. The van der Waals surface area contributed by atoms with Gasteiger partial charge in [0.25, 0.3) is 5.56 Å². The second kappa shape index (κ2) is 9.42. The molecule has 0 aliphatic rings. The van der Waals surface area contributed by atoms with Gasteiger partial charge >= 0.3 is 0 Å². The van der Waals surface area contributed by atoms with Crippen molar-refractivity contribution in [1.82, 2.24) is 15.3 Å². The highest BCUT2D eigenvalue weighted by Crippen LogP contribution is 2.19. The lowest BCUT2D eigenvalue weighted by Gasteiger charge is -2.16. The van der Waals surface area contributed by atoms with Gasteiger partial charge in [-0.05, 0) is 24.8 Å². The summed E-state index contributed by atoms with van der Waals surface area (Å²) in [5, 5.41) is 3.14. The Morgan fingerprint density at radius 3 is 2.68 bits per heavy atom. The number of aromatic nitrogens is 2. The first-order chi connectivity index (χ1) is 12.0. The van der Waals surface area contributed by atoms with Crippen LogP contribution in [0.4, 0.5) is 0 Å². The molecule has 0 fully saturated rings. The van der Waals surface area contributed by atoms with Crippen molar-refractivity contribution in [3.8, 4) is 0 Å². The number of carbonyl (C=O) groups is 1.